The second kappa shape index (κ2) is 4.93. The predicted molar refractivity (Wildman–Crippen MR) is 62.9 cm³/mol. The van der Waals surface area contributed by atoms with Crippen molar-refractivity contribution in [3.63, 3.8) is 0 Å². The van der Waals surface area contributed by atoms with Crippen LogP contribution in [0.2, 0.25) is 0 Å². The molecule has 0 saturated carbocycles. The average molecular weight is 268 g/mol. The van der Waals surface area contributed by atoms with E-state index < -0.39 is 12.0 Å². The average Bonchev–Trinajstić information content (AvgIpc) is 2.38. The van der Waals surface area contributed by atoms with Gasteiger partial charge in [0.25, 0.3) is 0 Å². The third kappa shape index (κ3) is 2.87. The van der Waals surface area contributed by atoms with Gasteiger partial charge in [0, 0.05) is 30.7 Å². The summed E-state index contributed by atoms with van der Waals surface area (Å²) in [4.78, 5) is 10.8. The van der Waals surface area contributed by atoms with Crippen molar-refractivity contribution in [1.82, 2.24) is 15.0 Å². The highest BCUT2D eigenvalue weighted by Gasteiger charge is 2.34. The first kappa shape index (κ1) is 13.4. The lowest BCUT2D eigenvalue weighted by atomic mass is 10.0. The van der Waals surface area contributed by atoms with Crippen LogP contribution in [-0.2, 0) is 12.7 Å². The van der Waals surface area contributed by atoms with Gasteiger partial charge < -0.3 is 5.73 Å². The lowest BCUT2D eigenvalue weighted by Gasteiger charge is -2.08. The molecule has 0 unspecified atom stereocenters. The first-order valence-electron chi connectivity index (χ1n) is 5.47. The molecule has 7 heteroatoms. The minimum absolute atomic E-state index is 0.259. The maximum atomic E-state index is 12.4. The Bertz CT molecular complexity index is 579. The Balaban J connectivity index is 2.42. The van der Waals surface area contributed by atoms with Gasteiger partial charge in [0.1, 0.15) is 0 Å². The zero-order chi connectivity index (χ0) is 14.0. The van der Waals surface area contributed by atoms with Gasteiger partial charge in [-0.1, -0.05) is 0 Å². The summed E-state index contributed by atoms with van der Waals surface area (Å²) in [5.41, 5.74) is 8.19. The topological polar surface area (TPSA) is 64.7 Å². The monoisotopic (exact) mass is 268 g/mol. The van der Waals surface area contributed by atoms with E-state index in [-0.39, 0.29) is 6.54 Å². The lowest BCUT2D eigenvalue weighted by Crippen LogP contribution is -2.10. The maximum absolute atomic E-state index is 12.4. The van der Waals surface area contributed by atoms with Crippen LogP contribution in [0.5, 0.6) is 0 Å². The largest absolute Gasteiger partial charge is 0.451 e. The highest BCUT2D eigenvalue weighted by molar-refractivity contribution is 5.65. The molecule has 0 aliphatic carbocycles. The predicted octanol–water partition coefficient (Wildman–Crippen LogP) is 2.32. The molecule has 0 aliphatic heterocycles. The fourth-order valence-corrected chi connectivity index (χ4v) is 1.60. The van der Waals surface area contributed by atoms with E-state index in [1.807, 2.05) is 0 Å². The van der Waals surface area contributed by atoms with Crippen LogP contribution < -0.4 is 5.73 Å². The normalized spacial score (nSPS) is 11.6. The molecule has 0 bridgehead atoms. The van der Waals surface area contributed by atoms with Crippen molar-refractivity contribution in [2.75, 3.05) is 0 Å². The Morgan fingerprint density at radius 2 is 1.74 bits per heavy atom. The van der Waals surface area contributed by atoms with Crippen LogP contribution in [-0.4, -0.2) is 15.0 Å². The number of nitrogens with zero attached hydrogens (tertiary/aromatic N) is 3. The number of nitrogens with two attached hydrogens (primary N) is 1. The summed E-state index contributed by atoms with van der Waals surface area (Å²) in [5, 5.41) is 0. The molecule has 0 aliphatic rings. The second-order valence-electron chi connectivity index (χ2n) is 3.99. The quantitative estimate of drug-likeness (QED) is 0.907. The van der Waals surface area contributed by atoms with E-state index in [0.717, 1.165) is 23.5 Å². The molecular formula is C12H11F3N4. The standard InChI is InChI=1S/C12H11F3N4/c1-7-4-17-9(3-16)2-10(7)8-5-18-11(19-6-8)12(13,14)15/h2,4-6H,3,16H2,1H3. The Morgan fingerprint density at radius 1 is 1.11 bits per heavy atom. The Morgan fingerprint density at radius 3 is 2.26 bits per heavy atom. The highest BCUT2D eigenvalue weighted by atomic mass is 19.4. The number of aryl methyl sites for hydroxylation is 1. The molecule has 2 aromatic rings. The van der Waals surface area contributed by atoms with Gasteiger partial charge in [0.2, 0.25) is 5.82 Å². The van der Waals surface area contributed by atoms with Crippen LogP contribution in [0.1, 0.15) is 17.1 Å². The van der Waals surface area contributed by atoms with E-state index in [9.17, 15) is 13.2 Å². The Labute approximate surface area is 107 Å². The van der Waals surface area contributed by atoms with E-state index in [4.69, 9.17) is 5.73 Å². The van der Waals surface area contributed by atoms with E-state index >= 15 is 0 Å². The fourth-order valence-electron chi connectivity index (χ4n) is 1.60. The summed E-state index contributed by atoms with van der Waals surface area (Å²) in [7, 11) is 0. The molecule has 19 heavy (non-hydrogen) atoms. The number of hydrogen-bond acceptors (Lipinski definition) is 4. The van der Waals surface area contributed by atoms with Gasteiger partial charge in [0.05, 0.1) is 5.69 Å². The third-order valence-electron chi connectivity index (χ3n) is 2.59. The minimum Gasteiger partial charge on any atom is -0.325 e. The molecule has 0 spiro atoms. The molecule has 2 aromatic heterocycles. The number of halogens is 3. The first-order chi connectivity index (χ1) is 8.91. The number of hydrogen-bond donors (Lipinski definition) is 1. The van der Waals surface area contributed by atoms with E-state index in [0.29, 0.717) is 11.3 Å². The summed E-state index contributed by atoms with van der Waals surface area (Å²) >= 11 is 0. The summed E-state index contributed by atoms with van der Waals surface area (Å²) in [6.07, 6.45) is -0.611. The van der Waals surface area contributed by atoms with Crippen molar-refractivity contribution in [3.05, 3.63) is 41.7 Å². The summed E-state index contributed by atoms with van der Waals surface area (Å²) in [6.45, 7) is 2.06. The van der Waals surface area contributed by atoms with Crippen LogP contribution in [0.4, 0.5) is 13.2 Å². The highest BCUT2D eigenvalue weighted by Crippen LogP contribution is 2.28. The van der Waals surface area contributed by atoms with Crippen LogP contribution in [0.3, 0.4) is 0 Å². The molecule has 0 saturated heterocycles. The molecule has 2 rings (SSSR count). The van der Waals surface area contributed by atoms with Gasteiger partial charge in [-0.15, -0.1) is 0 Å². The summed E-state index contributed by atoms with van der Waals surface area (Å²) in [5.74, 6) is -1.15. The molecule has 2 heterocycles. The SMILES string of the molecule is Cc1cnc(CN)cc1-c1cnc(C(F)(F)F)nc1. The Kier molecular flexibility index (Phi) is 3.48. The van der Waals surface area contributed by atoms with E-state index in [2.05, 4.69) is 15.0 Å². The van der Waals surface area contributed by atoms with Crippen LogP contribution in [0, 0.1) is 6.92 Å². The van der Waals surface area contributed by atoms with E-state index in [1.54, 1.807) is 19.2 Å². The molecular weight excluding hydrogens is 257 g/mol. The maximum Gasteiger partial charge on any atom is 0.451 e. The number of aromatic nitrogens is 3. The summed E-state index contributed by atoms with van der Waals surface area (Å²) in [6, 6.07) is 1.72. The van der Waals surface area contributed by atoms with Gasteiger partial charge in [-0.3, -0.25) is 4.98 Å². The second-order valence-corrected chi connectivity index (χ2v) is 3.99. The van der Waals surface area contributed by atoms with Gasteiger partial charge >= 0.3 is 6.18 Å². The number of rotatable bonds is 2. The molecule has 0 radical (unpaired) electrons. The van der Waals surface area contributed by atoms with Gasteiger partial charge in [-0.2, -0.15) is 13.2 Å². The van der Waals surface area contributed by atoms with Crippen LogP contribution in [0.25, 0.3) is 11.1 Å². The summed E-state index contributed by atoms with van der Waals surface area (Å²) < 4.78 is 37.1. The molecule has 2 N–H and O–H groups in total. The number of pyridine rings is 1. The van der Waals surface area contributed by atoms with Crippen LogP contribution in [0.15, 0.2) is 24.7 Å². The zero-order valence-electron chi connectivity index (χ0n) is 10.1. The van der Waals surface area contributed by atoms with Crippen molar-refractivity contribution in [3.8, 4) is 11.1 Å². The zero-order valence-corrected chi connectivity index (χ0v) is 10.1. The van der Waals surface area contributed by atoms with Crippen molar-refractivity contribution < 1.29 is 13.2 Å². The van der Waals surface area contributed by atoms with E-state index in [1.165, 1.54) is 0 Å². The molecule has 4 nitrogen and oxygen atoms in total. The first-order valence-corrected chi connectivity index (χ1v) is 5.47. The smallest absolute Gasteiger partial charge is 0.325 e. The molecule has 0 amide bonds. The molecule has 0 aromatic carbocycles. The van der Waals surface area contributed by atoms with Crippen molar-refractivity contribution in [2.45, 2.75) is 19.6 Å². The van der Waals surface area contributed by atoms with Gasteiger partial charge in [-0.05, 0) is 24.1 Å². The number of alkyl halides is 3. The van der Waals surface area contributed by atoms with Crippen molar-refractivity contribution in [2.24, 2.45) is 5.73 Å². The lowest BCUT2D eigenvalue weighted by molar-refractivity contribution is -0.144. The Hall–Kier alpha value is -2.02. The molecule has 0 fully saturated rings. The fraction of sp³-hybridized carbons (Fsp3) is 0.250. The van der Waals surface area contributed by atoms with Crippen molar-refractivity contribution >= 4 is 0 Å². The third-order valence-corrected chi connectivity index (χ3v) is 2.59. The molecule has 100 valence electrons. The van der Waals surface area contributed by atoms with Crippen LogP contribution >= 0.6 is 0 Å². The van der Waals surface area contributed by atoms with Gasteiger partial charge in [-0.25, -0.2) is 9.97 Å². The van der Waals surface area contributed by atoms with Gasteiger partial charge in [0.15, 0.2) is 0 Å². The minimum atomic E-state index is -4.53. The van der Waals surface area contributed by atoms with Crippen molar-refractivity contribution in [1.29, 1.82) is 0 Å². The molecule has 0 atom stereocenters.